The fraction of sp³-hybridized carbons (Fsp3) is 0.222. The molecule has 3 rings (SSSR count). The lowest BCUT2D eigenvalue weighted by Gasteiger charge is -2.11. The number of hydrogen-bond donors (Lipinski definition) is 1. The first-order chi connectivity index (χ1) is 10.4. The Hall–Kier alpha value is -2.26. The van der Waals surface area contributed by atoms with E-state index in [1.165, 1.54) is 10.9 Å². The molecule has 3 aromatic rings. The Morgan fingerprint density at radius 1 is 1.00 bits per heavy atom. The molecule has 0 aliphatic rings. The van der Waals surface area contributed by atoms with Gasteiger partial charge in [0.15, 0.2) is 0 Å². The molecule has 0 bridgehead atoms. The topological polar surface area (TPSA) is 34.4 Å². The monoisotopic (exact) mass is 281 g/mol. The standard InChI is InChI=1S/C18H19NO2/c1-20-18-9-8-14(16-6-2-3-7-17(16)18)13-19-11-10-15-5-4-12-21-15/h2-9,12,19H,10-11,13H2,1H3. The maximum Gasteiger partial charge on any atom is 0.126 e. The average Bonchev–Trinajstić information content (AvgIpc) is 3.05. The summed E-state index contributed by atoms with van der Waals surface area (Å²) in [5.74, 6) is 1.94. The Bertz CT molecular complexity index is 704. The lowest BCUT2D eigenvalue weighted by molar-refractivity contribution is 0.419. The van der Waals surface area contributed by atoms with E-state index in [9.17, 15) is 0 Å². The maximum absolute atomic E-state index is 5.42. The number of nitrogens with one attached hydrogen (secondary N) is 1. The highest BCUT2D eigenvalue weighted by molar-refractivity contribution is 5.91. The van der Waals surface area contributed by atoms with Gasteiger partial charge in [-0.1, -0.05) is 30.3 Å². The third-order valence-corrected chi connectivity index (χ3v) is 3.64. The van der Waals surface area contributed by atoms with Crippen LogP contribution in [0.15, 0.2) is 59.2 Å². The summed E-state index contributed by atoms with van der Waals surface area (Å²) in [5, 5.41) is 5.86. The van der Waals surface area contributed by atoms with Crippen LogP contribution in [0.4, 0.5) is 0 Å². The van der Waals surface area contributed by atoms with Gasteiger partial charge in [-0.25, -0.2) is 0 Å². The molecule has 0 amide bonds. The highest BCUT2D eigenvalue weighted by Crippen LogP contribution is 2.28. The summed E-state index contributed by atoms with van der Waals surface area (Å²) >= 11 is 0. The second-order valence-corrected chi connectivity index (χ2v) is 4.98. The van der Waals surface area contributed by atoms with E-state index in [2.05, 4.69) is 29.6 Å². The fourth-order valence-corrected chi connectivity index (χ4v) is 2.56. The molecule has 0 radical (unpaired) electrons. The van der Waals surface area contributed by atoms with Crippen LogP contribution in [0.3, 0.4) is 0 Å². The predicted octanol–water partition coefficient (Wildman–Crippen LogP) is 3.77. The first-order valence-corrected chi connectivity index (χ1v) is 7.16. The fourth-order valence-electron chi connectivity index (χ4n) is 2.56. The highest BCUT2D eigenvalue weighted by atomic mass is 16.5. The molecule has 0 atom stereocenters. The van der Waals surface area contributed by atoms with Gasteiger partial charge in [-0.15, -0.1) is 0 Å². The van der Waals surface area contributed by atoms with Gasteiger partial charge in [-0.3, -0.25) is 0 Å². The van der Waals surface area contributed by atoms with E-state index < -0.39 is 0 Å². The Labute approximate surface area is 124 Å². The van der Waals surface area contributed by atoms with Gasteiger partial charge < -0.3 is 14.5 Å². The molecule has 0 aliphatic carbocycles. The lowest BCUT2D eigenvalue weighted by Crippen LogP contribution is -2.16. The normalized spacial score (nSPS) is 10.9. The smallest absolute Gasteiger partial charge is 0.126 e. The molecular weight excluding hydrogens is 262 g/mol. The Balaban J connectivity index is 1.69. The third-order valence-electron chi connectivity index (χ3n) is 3.64. The van der Waals surface area contributed by atoms with Crippen LogP contribution in [0.5, 0.6) is 5.75 Å². The highest BCUT2D eigenvalue weighted by Gasteiger charge is 2.05. The summed E-state index contributed by atoms with van der Waals surface area (Å²) in [7, 11) is 1.71. The van der Waals surface area contributed by atoms with Crippen molar-refractivity contribution in [1.29, 1.82) is 0 Å². The molecule has 0 aliphatic heterocycles. The van der Waals surface area contributed by atoms with Crippen molar-refractivity contribution in [2.24, 2.45) is 0 Å². The van der Waals surface area contributed by atoms with E-state index in [1.54, 1.807) is 13.4 Å². The molecule has 1 N–H and O–H groups in total. The minimum absolute atomic E-state index is 0.839. The van der Waals surface area contributed by atoms with Crippen molar-refractivity contribution in [2.75, 3.05) is 13.7 Å². The second kappa shape index (κ2) is 6.46. The van der Waals surface area contributed by atoms with E-state index in [-0.39, 0.29) is 0 Å². The number of furan rings is 1. The summed E-state index contributed by atoms with van der Waals surface area (Å²) in [5.41, 5.74) is 1.28. The summed E-state index contributed by atoms with van der Waals surface area (Å²) < 4.78 is 10.8. The van der Waals surface area contributed by atoms with Crippen molar-refractivity contribution in [2.45, 2.75) is 13.0 Å². The van der Waals surface area contributed by atoms with Crippen LogP contribution in [-0.2, 0) is 13.0 Å². The van der Waals surface area contributed by atoms with Crippen LogP contribution in [-0.4, -0.2) is 13.7 Å². The molecule has 21 heavy (non-hydrogen) atoms. The largest absolute Gasteiger partial charge is 0.496 e. The molecule has 108 valence electrons. The van der Waals surface area contributed by atoms with Gasteiger partial charge in [0.1, 0.15) is 11.5 Å². The second-order valence-electron chi connectivity index (χ2n) is 4.98. The van der Waals surface area contributed by atoms with Gasteiger partial charge in [0, 0.05) is 24.9 Å². The Morgan fingerprint density at radius 3 is 2.62 bits per heavy atom. The molecule has 0 spiro atoms. The first kappa shape index (κ1) is 13.7. The van der Waals surface area contributed by atoms with Crippen molar-refractivity contribution in [3.05, 3.63) is 66.1 Å². The zero-order chi connectivity index (χ0) is 14.5. The van der Waals surface area contributed by atoms with E-state index >= 15 is 0 Å². The number of ether oxygens (including phenoxy) is 1. The molecule has 3 nitrogen and oxygen atoms in total. The van der Waals surface area contributed by atoms with Crippen LogP contribution in [0.1, 0.15) is 11.3 Å². The van der Waals surface area contributed by atoms with Crippen LogP contribution in [0.2, 0.25) is 0 Å². The van der Waals surface area contributed by atoms with Gasteiger partial charge in [-0.2, -0.15) is 0 Å². The quantitative estimate of drug-likeness (QED) is 0.698. The molecule has 1 heterocycles. The van der Waals surface area contributed by atoms with Gasteiger partial charge in [-0.05, 0) is 29.1 Å². The van der Waals surface area contributed by atoms with Crippen LogP contribution in [0.25, 0.3) is 10.8 Å². The molecule has 0 unspecified atom stereocenters. The van der Waals surface area contributed by atoms with Gasteiger partial charge in [0.05, 0.1) is 13.4 Å². The third kappa shape index (κ3) is 3.09. The van der Waals surface area contributed by atoms with E-state index in [0.717, 1.165) is 36.4 Å². The van der Waals surface area contributed by atoms with E-state index in [1.807, 2.05) is 24.3 Å². The van der Waals surface area contributed by atoms with Crippen molar-refractivity contribution in [1.82, 2.24) is 5.32 Å². The molecule has 0 fully saturated rings. The number of hydrogen-bond acceptors (Lipinski definition) is 3. The van der Waals surface area contributed by atoms with E-state index in [4.69, 9.17) is 9.15 Å². The number of fused-ring (bicyclic) bond motifs is 1. The van der Waals surface area contributed by atoms with E-state index in [0.29, 0.717) is 0 Å². The summed E-state index contributed by atoms with van der Waals surface area (Å²) in [6.07, 6.45) is 2.62. The summed E-state index contributed by atoms with van der Waals surface area (Å²) in [4.78, 5) is 0. The molecule has 0 saturated heterocycles. The summed E-state index contributed by atoms with van der Waals surface area (Å²) in [6.45, 7) is 1.74. The Morgan fingerprint density at radius 2 is 1.86 bits per heavy atom. The number of benzene rings is 2. The zero-order valence-corrected chi connectivity index (χ0v) is 12.1. The molecule has 2 aromatic carbocycles. The van der Waals surface area contributed by atoms with Gasteiger partial charge >= 0.3 is 0 Å². The van der Waals surface area contributed by atoms with Crippen LogP contribution < -0.4 is 10.1 Å². The SMILES string of the molecule is COc1ccc(CNCCc2ccco2)c2ccccc12. The van der Waals surface area contributed by atoms with Crippen molar-refractivity contribution < 1.29 is 9.15 Å². The molecule has 1 aromatic heterocycles. The number of rotatable bonds is 6. The average molecular weight is 281 g/mol. The zero-order valence-electron chi connectivity index (χ0n) is 12.1. The number of methoxy groups -OCH3 is 1. The molecule has 3 heteroatoms. The van der Waals surface area contributed by atoms with Crippen LogP contribution in [0, 0.1) is 0 Å². The molecular formula is C18H19NO2. The van der Waals surface area contributed by atoms with Crippen molar-refractivity contribution >= 4 is 10.8 Å². The van der Waals surface area contributed by atoms with Crippen molar-refractivity contribution in [3.8, 4) is 5.75 Å². The first-order valence-electron chi connectivity index (χ1n) is 7.16. The minimum atomic E-state index is 0.839. The predicted molar refractivity (Wildman–Crippen MR) is 84.6 cm³/mol. The minimum Gasteiger partial charge on any atom is -0.496 e. The Kier molecular flexibility index (Phi) is 4.22. The van der Waals surface area contributed by atoms with Gasteiger partial charge in [0.25, 0.3) is 0 Å². The van der Waals surface area contributed by atoms with Gasteiger partial charge in [0.2, 0.25) is 0 Å². The molecule has 0 saturated carbocycles. The maximum atomic E-state index is 5.42. The lowest BCUT2D eigenvalue weighted by atomic mass is 10.0. The summed E-state index contributed by atoms with van der Waals surface area (Å²) in [6, 6.07) is 16.4. The van der Waals surface area contributed by atoms with Crippen LogP contribution >= 0.6 is 0 Å². The van der Waals surface area contributed by atoms with Crippen molar-refractivity contribution in [3.63, 3.8) is 0 Å².